The van der Waals surface area contributed by atoms with Gasteiger partial charge >= 0.3 is 5.63 Å². The standard InChI is InChI=1S/C32H46N2O5/c1-30-12-9-25(33-39-18-4-3-15-34-16-19-37-20-17-34)21-24(30)6-7-28-27(30)10-13-31(2)26(11-14-32(28,31)36)23-5-8-29(35)38-22-23/h5,8,21-22,26-28,36H,3-4,6-7,9-20H2,1-2H3/b33-25+/t26-,27?,28?,30+,31-,32+/m1/s1. The van der Waals surface area contributed by atoms with Crippen molar-refractivity contribution >= 4 is 5.71 Å². The number of hydrogen-bond acceptors (Lipinski definition) is 7. The molecule has 214 valence electrons. The van der Waals surface area contributed by atoms with Crippen LogP contribution in [-0.4, -0.2) is 60.8 Å². The predicted octanol–water partition coefficient (Wildman–Crippen LogP) is 5.29. The maximum absolute atomic E-state index is 12.4. The van der Waals surface area contributed by atoms with Crippen LogP contribution in [0.25, 0.3) is 0 Å². The molecule has 0 spiro atoms. The lowest BCUT2D eigenvalue weighted by molar-refractivity contribution is -0.176. The minimum absolute atomic E-state index is 0.120. The molecule has 4 fully saturated rings. The topological polar surface area (TPSA) is 84.5 Å². The molecular formula is C32H46N2O5. The van der Waals surface area contributed by atoms with Gasteiger partial charge in [-0.05, 0) is 112 Å². The number of morpholine rings is 1. The van der Waals surface area contributed by atoms with Crippen molar-refractivity contribution in [2.45, 2.75) is 89.6 Å². The van der Waals surface area contributed by atoms with Crippen molar-refractivity contribution in [1.29, 1.82) is 0 Å². The molecule has 2 heterocycles. The van der Waals surface area contributed by atoms with Crippen LogP contribution in [-0.2, 0) is 9.57 Å². The fourth-order valence-corrected chi connectivity index (χ4v) is 9.17. The van der Waals surface area contributed by atoms with E-state index < -0.39 is 5.60 Å². The number of fused-ring (bicyclic) bond motifs is 5. The van der Waals surface area contributed by atoms with Gasteiger partial charge in [-0.15, -0.1) is 0 Å². The molecule has 7 nitrogen and oxygen atoms in total. The molecule has 1 aromatic heterocycles. The molecule has 0 aromatic carbocycles. The number of hydrogen-bond donors (Lipinski definition) is 1. The highest BCUT2D eigenvalue weighted by atomic mass is 16.6. The molecule has 6 rings (SSSR count). The third kappa shape index (κ3) is 4.82. The third-order valence-corrected chi connectivity index (χ3v) is 11.5. The van der Waals surface area contributed by atoms with Gasteiger partial charge < -0.3 is 19.1 Å². The zero-order valence-electron chi connectivity index (χ0n) is 23.8. The summed E-state index contributed by atoms with van der Waals surface area (Å²) >= 11 is 0. The van der Waals surface area contributed by atoms with E-state index in [2.05, 4.69) is 30.0 Å². The van der Waals surface area contributed by atoms with E-state index in [1.54, 1.807) is 6.26 Å². The maximum atomic E-state index is 12.4. The minimum Gasteiger partial charge on any atom is -0.431 e. The lowest BCUT2D eigenvalue weighted by Gasteiger charge is -2.61. The van der Waals surface area contributed by atoms with Crippen LogP contribution in [0.4, 0.5) is 0 Å². The Hall–Kier alpha value is -1.96. The van der Waals surface area contributed by atoms with E-state index in [1.807, 2.05) is 6.07 Å². The number of rotatable bonds is 7. The zero-order chi connectivity index (χ0) is 27.1. The van der Waals surface area contributed by atoms with Gasteiger partial charge in [-0.1, -0.05) is 24.6 Å². The first-order chi connectivity index (χ1) is 18.8. The number of oxime groups is 1. The number of aliphatic hydroxyl groups is 1. The second-order valence-corrected chi connectivity index (χ2v) is 13.3. The number of nitrogens with zero attached hydrogens (tertiary/aromatic N) is 2. The second-order valence-electron chi connectivity index (χ2n) is 13.3. The largest absolute Gasteiger partial charge is 0.431 e. The SMILES string of the molecule is C[C@]12CC/C(=N\OCCCCN3CCOCC3)C=C1CCC1C2CC[C@]2(C)[C@@H](c3ccc(=O)oc3)CC[C@]12O. The lowest BCUT2D eigenvalue weighted by atomic mass is 9.45. The third-order valence-electron chi connectivity index (χ3n) is 11.5. The quantitative estimate of drug-likeness (QED) is 0.375. The summed E-state index contributed by atoms with van der Waals surface area (Å²) in [7, 11) is 0. The van der Waals surface area contributed by atoms with E-state index in [4.69, 9.17) is 14.0 Å². The first kappa shape index (κ1) is 27.2. The van der Waals surface area contributed by atoms with Gasteiger partial charge in [0.25, 0.3) is 0 Å². The van der Waals surface area contributed by atoms with Crippen molar-refractivity contribution in [1.82, 2.24) is 4.90 Å². The summed E-state index contributed by atoms with van der Waals surface area (Å²) in [5.74, 6) is 1.03. The van der Waals surface area contributed by atoms with Gasteiger partial charge in [-0.25, -0.2) is 4.79 Å². The molecule has 0 bridgehead atoms. The maximum Gasteiger partial charge on any atom is 0.335 e. The molecule has 1 aromatic rings. The molecular weight excluding hydrogens is 492 g/mol. The average Bonchev–Trinajstić information content (AvgIpc) is 3.23. The van der Waals surface area contributed by atoms with E-state index in [-0.39, 0.29) is 22.4 Å². The van der Waals surface area contributed by atoms with Crippen molar-refractivity contribution in [3.8, 4) is 0 Å². The van der Waals surface area contributed by atoms with Crippen LogP contribution in [0.2, 0.25) is 0 Å². The van der Waals surface area contributed by atoms with E-state index >= 15 is 0 Å². The van der Waals surface area contributed by atoms with Gasteiger partial charge in [0.1, 0.15) is 6.61 Å². The Balaban J connectivity index is 1.09. The Bertz CT molecular complexity index is 1130. The summed E-state index contributed by atoms with van der Waals surface area (Å²) in [6.07, 6.45) is 14.1. The van der Waals surface area contributed by atoms with Crippen LogP contribution in [0.15, 0.2) is 44.4 Å². The molecule has 3 saturated carbocycles. The molecule has 2 unspecified atom stereocenters. The highest BCUT2D eigenvalue weighted by molar-refractivity contribution is 5.96. The number of unbranched alkanes of at least 4 members (excludes halogenated alkanes) is 1. The Morgan fingerprint density at radius 2 is 1.90 bits per heavy atom. The molecule has 1 saturated heterocycles. The van der Waals surface area contributed by atoms with Gasteiger partial charge in [0, 0.05) is 24.6 Å². The summed E-state index contributed by atoms with van der Waals surface area (Å²) in [5.41, 5.74) is 2.60. The lowest BCUT2D eigenvalue weighted by Crippen LogP contribution is -2.60. The van der Waals surface area contributed by atoms with Crippen molar-refractivity contribution < 1.29 is 19.1 Å². The summed E-state index contributed by atoms with van der Waals surface area (Å²) in [5, 5.41) is 17.0. The van der Waals surface area contributed by atoms with Crippen molar-refractivity contribution in [3.63, 3.8) is 0 Å². The number of allylic oxidation sites excluding steroid dienone is 2. The van der Waals surface area contributed by atoms with E-state index in [9.17, 15) is 9.90 Å². The summed E-state index contributed by atoms with van der Waals surface area (Å²) in [6.45, 7) is 10.3. The number of ether oxygens (including phenoxy) is 1. The Kier molecular flexibility index (Phi) is 7.53. The molecule has 6 atom stereocenters. The van der Waals surface area contributed by atoms with E-state index in [0.717, 1.165) is 108 Å². The fraction of sp³-hybridized carbons (Fsp3) is 0.750. The molecule has 39 heavy (non-hydrogen) atoms. The van der Waals surface area contributed by atoms with Crippen LogP contribution in [0, 0.1) is 22.7 Å². The summed E-state index contributed by atoms with van der Waals surface area (Å²) in [6, 6.07) is 3.44. The zero-order valence-corrected chi connectivity index (χ0v) is 23.8. The highest BCUT2D eigenvalue weighted by Gasteiger charge is 2.66. The minimum atomic E-state index is -0.677. The molecule has 4 aliphatic carbocycles. The highest BCUT2D eigenvalue weighted by Crippen LogP contribution is 2.69. The molecule has 7 heteroatoms. The van der Waals surface area contributed by atoms with Crippen molar-refractivity contribution in [2.75, 3.05) is 39.5 Å². The normalized spacial score (nSPS) is 39.5. The van der Waals surface area contributed by atoms with Gasteiger partial charge in [0.2, 0.25) is 0 Å². The van der Waals surface area contributed by atoms with Crippen LogP contribution < -0.4 is 5.63 Å². The summed E-state index contributed by atoms with van der Waals surface area (Å²) in [4.78, 5) is 19.8. The molecule has 1 aliphatic heterocycles. The van der Waals surface area contributed by atoms with Crippen molar-refractivity contribution in [2.24, 2.45) is 27.8 Å². The van der Waals surface area contributed by atoms with Gasteiger partial charge in [0.05, 0.1) is 30.8 Å². The Morgan fingerprint density at radius 3 is 2.69 bits per heavy atom. The van der Waals surface area contributed by atoms with Crippen LogP contribution >= 0.6 is 0 Å². The first-order valence-electron chi connectivity index (χ1n) is 15.3. The fourth-order valence-electron chi connectivity index (χ4n) is 9.17. The predicted molar refractivity (Wildman–Crippen MR) is 151 cm³/mol. The van der Waals surface area contributed by atoms with Gasteiger partial charge in [0.15, 0.2) is 0 Å². The van der Waals surface area contributed by atoms with Gasteiger partial charge in [-0.3, -0.25) is 4.90 Å². The first-order valence-corrected chi connectivity index (χ1v) is 15.3. The van der Waals surface area contributed by atoms with Crippen LogP contribution in [0.3, 0.4) is 0 Å². The molecule has 1 N–H and O–H groups in total. The Morgan fingerprint density at radius 1 is 1.05 bits per heavy atom. The molecule has 0 amide bonds. The monoisotopic (exact) mass is 538 g/mol. The second kappa shape index (κ2) is 10.8. The molecule has 0 radical (unpaired) electrons. The van der Waals surface area contributed by atoms with E-state index in [0.29, 0.717) is 18.4 Å². The average molecular weight is 539 g/mol. The molecule has 5 aliphatic rings. The van der Waals surface area contributed by atoms with Crippen LogP contribution in [0.5, 0.6) is 0 Å². The van der Waals surface area contributed by atoms with Gasteiger partial charge in [-0.2, -0.15) is 0 Å². The van der Waals surface area contributed by atoms with Crippen LogP contribution in [0.1, 0.15) is 89.5 Å². The summed E-state index contributed by atoms with van der Waals surface area (Å²) < 4.78 is 10.7. The van der Waals surface area contributed by atoms with Crippen molar-refractivity contribution in [3.05, 3.63) is 46.0 Å². The smallest absolute Gasteiger partial charge is 0.335 e. The Labute approximate surface area is 232 Å². The van der Waals surface area contributed by atoms with E-state index in [1.165, 1.54) is 11.6 Å².